The van der Waals surface area contributed by atoms with Crippen LogP contribution in [0.1, 0.15) is 35.3 Å². The molecule has 0 aliphatic heterocycles. The summed E-state index contributed by atoms with van der Waals surface area (Å²) in [4.78, 5) is 25.3. The summed E-state index contributed by atoms with van der Waals surface area (Å²) in [7, 11) is 0. The molecule has 0 atom stereocenters. The van der Waals surface area contributed by atoms with Gasteiger partial charge in [-0.05, 0) is 38.5 Å². The van der Waals surface area contributed by atoms with Gasteiger partial charge in [-0.2, -0.15) is 0 Å². The molecule has 0 bridgehead atoms. The molecule has 0 saturated heterocycles. The summed E-state index contributed by atoms with van der Waals surface area (Å²) in [5, 5.41) is 5.79. The largest absolute Gasteiger partial charge is 0.492 e. The third kappa shape index (κ3) is 6.11. The van der Waals surface area contributed by atoms with Crippen molar-refractivity contribution in [3.8, 4) is 11.5 Å². The maximum atomic E-state index is 12.7. The lowest BCUT2D eigenvalue weighted by Gasteiger charge is -2.18. The van der Waals surface area contributed by atoms with Crippen molar-refractivity contribution in [3.63, 3.8) is 0 Å². The van der Waals surface area contributed by atoms with E-state index in [4.69, 9.17) is 9.47 Å². The summed E-state index contributed by atoms with van der Waals surface area (Å²) in [5.41, 5.74) is 3.55. The predicted octanol–water partition coefficient (Wildman–Crippen LogP) is 5.23. The van der Waals surface area contributed by atoms with Crippen LogP contribution in [0.25, 0.3) is 0 Å². The van der Waals surface area contributed by atoms with Crippen molar-refractivity contribution in [1.29, 1.82) is 0 Å². The number of amides is 2. The van der Waals surface area contributed by atoms with Crippen molar-refractivity contribution < 1.29 is 19.1 Å². The average molecular weight is 433 g/mol. The third-order valence-electron chi connectivity index (χ3n) is 4.73. The number of nitrogens with one attached hydrogen (secondary N) is 2. The molecular formula is C26H28N2O4. The van der Waals surface area contributed by atoms with Crippen LogP contribution in [0.5, 0.6) is 11.5 Å². The highest BCUT2D eigenvalue weighted by molar-refractivity contribution is 6.05. The molecule has 0 heterocycles. The number of ether oxygens (including phenoxy) is 2. The standard InChI is InChI=1S/C26H28N2O4/c1-4-31-23-17-22(28-26(30)20-9-7-6-8-10-20)24(32-5-2)16-21(23)27-25(29)15-19-13-11-18(3)12-14-19/h6-14,16-17H,4-5,15H2,1-3H3,(H,27,29)(H,28,30). The Balaban J connectivity index is 1.85. The Morgan fingerprint density at radius 2 is 1.34 bits per heavy atom. The van der Waals surface area contributed by atoms with Gasteiger partial charge in [-0.15, -0.1) is 0 Å². The second-order valence-corrected chi connectivity index (χ2v) is 7.24. The van der Waals surface area contributed by atoms with Crippen LogP contribution in [-0.4, -0.2) is 25.0 Å². The number of hydrogen-bond acceptors (Lipinski definition) is 4. The van der Waals surface area contributed by atoms with Crippen LogP contribution in [0.3, 0.4) is 0 Å². The Labute approximate surface area is 188 Å². The molecule has 166 valence electrons. The molecule has 0 fully saturated rings. The molecule has 6 heteroatoms. The van der Waals surface area contributed by atoms with Crippen LogP contribution in [0.2, 0.25) is 0 Å². The fourth-order valence-corrected chi connectivity index (χ4v) is 3.17. The zero-order chi connectivity index (χ0) is 22.9. The molecule has 6 nitrogen and oxygen atoms in total. The summed E-state index contributed by atoms with van der Waals surface area (Å²) < 4.78 is 11.5. The highest BCUT2D eigenvalue weighted by atomic mass is 16.5. The molecule has 2 amide bonds. The number of benzene rings is 3. The van der Waals surface area contributed by atoms with Crippen molar-refractivity contribution in [2.45, 2.75) is 27.2 Å². The van der Waals surface area contributed by atoms with Gasteiger partial charge in [0.05, 0.1) is 31.0 Å². The Bertz CT molecular complexity index is 1060. The molecule has 32 heavy (non-hydrogen) atoms. The van der Waals surface area contributed by atoms with Crippen molar-refractivity contribution in [1.82, 2.24) is 0 Å². The molecule has 2 N–H and O–H groups in total. The van der Waals surface area contributed by atoms with E-state index in [2.05, 4.69) is 10.6 Å². The van der Waals surface area contributed by atoms with Crippen LogP contribution in [0.15, 0.2) is 66.7 Å². The molecule has 0 aromatic heterocycles. The van der Waals surface area contributed by atoms with E-state index in [9.17, 15) is 9.59 Å². The van der Waals surface area contributed by atoms with Crippen molar-refractivity contribution in [2.75, 3.05) is 23.8 Å². The first-order valence-corrected chi connectivity index (χ1v) is 10.7. The van der Waals surface area contributed by atoms with E-state index in [0.29, 0.717) is 41.7 Å². The van der Waals surface area contributed by atoms with E-state index in [-0.39, 0.29) is 18.2 Å². The van der Waals surface area contributed by atoms with E-state index in [1.807, 2.05) is 51.1 Å². The second kappa shape index (κ2) is 11.0. The first kappa shape index (κ1) is 22.9. The zero-order valence-electron chi connectivity index (χ0n) is 18.6. The van der Waals surface area contributed by atoms with Gasteiger partial charge < -0.3 is 20.1 Å². The smallest absolute Gasteiger partial charge is 0.255 e. The minimum Gasteiger partial charge on any atom is -0.492 e. The maximum Gasteiger partial charge on any atom is 0.255 e. The predicted molar refractivity (Wildman–Crippen MR) is 127 cm³/mol. The molecule has 0 unspecified atom stereocenters. The lowest BCUT2D eigenvalue weighted by atomic mass is 10.1. The molecule has 0 radical (unpaired) electrons. The quantitative estimate of drug-likeness (QED) is 0.486. The summed E-state index contributed by atoms with van der Waals surface area (Å²) in [6.07, 6.45) is 0.238. The molecule has 3 aromatic carbocycles. The van der Waals surface area contributed by atoms with E-state index in [1.54, 1.807) is 36.4 Å². The lowest BCUT2D eigenvalue weighted by Crippen LogP contribution is -2.17. The van der Waals surface area contributed by atoms with Crippen LogP contribution in [0, 0.1) is 6.92 Å². The number of aryl methyl sites for hydroxylation is 1. The van der Waals surface area contributed by atoms with Crippen LogP contribution < -0.4 is 20.1 Å². The van der Waals surface area contributed by atoms with Crippen molar-refractivity contribution in [2.24, 2.45) is 0 Å². The van der Waals surface area contributed by atoms with Crippen molar-refractivity contribution >= 4 is 23.2 Å². The minimum atomic E-state index is -0.259. The highest BCUT2D eigenvalue weighted by Crippen LogP contribution is 2.37. The summed E-state index contributed by atoms with van der Waals surface area (Å²) in [5.74, 6) is 0.478. The first-order chi connectivity index (χ1) is 15.5. The van der Waals surface area contributed by atoms with E-state index < -0.39 is 0 Å². The Morgan fingerprint density at radius 3 is 1.91 bits per heavy atom. The number of carbonyl (C=O) groups excluding carboxylic acids is 2. The van der Waals surface area contributed by atoms with Gasteiger partial charge in [-0.1, -0.05) is 48.0 Å². The monoisotopic (exact) mass is 432 g/mol. The number of hydrogen-bond donors (Lipinski definition) is 2. The lowest BCUT2D eigenvalue weighted by molar-refractivity contribution is -0.115. The van der Waals surface area contributed by atoms with Gasteiger partial charge in [0.1, 0.15) is 11.5 Å². The summed E-state index contributed by atoms with van der Waals surface area (Å²) >= 11 is 0. The van der Waals surface area contributed by atoms with E-state index >= 15 is 0 Å². The Hall–Kier alpha value is -3.80. The van der Waals surface area contributed by atoms with Gasteiger partial charge in [-0.3, -0.25) is 9.59 Å². The molecule has 0 saturated carbocycles. The second-order valence-electron chi connectivity index (χ2n) is 7.24. The van der Waals surface area contributed by atoms with E-state index in [1.165, 1.54) is 0 Å². The fourth-order valence-electron chi connectivity index (χ4n) is 3.17. The molecule has 0 aliphatic carbocycles. The minimum absolute atomic E-state index is 0.168. The van der Waals surface area contributed by atoms with Gasteiger partial charge in [0.2, 0.25) is 5.91 Å². The van der Waals surface area contributed by atoms with Gasteiger partial charge in [0.15, 0.2) is 0 Å². The van der Waals surface area contributed by atoms with Crippen LogP contribution >= 0.6 is 0 Å². The topological polar surface area (TPSA) is 76.7 Å². The Kier molecular flexibility index (Phi) is 7.86. The van der Waals surface area contributed by atoms with Crippen LogP contribution in [0.4, 0.5) is 11.4 Å². The molecule has 0 aliphatic rings. The SMILES string of the molecule is CCOc1cc(NC(=O)c2ccccc2)c(OCC)cc1NC(=O)Cc1ccc(C)cc1. The average Bonchev–Trinajstić information content (AvgIpc) is 2.79. The van der Waals surface area contributed by atoms with Gasteiger partial charge >= 0.3 is 0 Å². The molecule has 3 aromatic rings. The maximum absolute atomic E-state index is 12.7. The van der Waals surface area contributed by atoms with Crippen LogP contribution in [-0.2, 0) is 11.2 Å². The Morgan fingerprint density at radius 1 is 0.781 bits per heavy atom. The highest BCUT2D eigenvalue weighted by Gasteiger charge is 2.17. The third-order valence-corrected chi connectivity index (χ3v) is 4.73. The zero-order valence-corrected chi connectivity index (χ0v) is 18.6. The number of anilines is 2. The normalized spacial score (nSPS) is 10.3. The molecule has 3 rings (SSSR count). The van der Waals surface area contributed by atoms with Gasteiger partial charge in [-0.25, -0.2) is 0 Å². The number of carbonyl (C=O) groups is 2. The van der Waals surface area contributed by atoms with E-state index in [0.717, 1.165) is 11.1 Å². The van der Waals surface area contributed by atoms with Gasteiger partial charge in [0.25, 0.3) is 5.91 Å². The molecule has 0 spiro atoms. The summed E-state index contributed by atoms with van der Waals surface area (Å²) in [6.45, 7) is 6.52. The fraction of sp³-hybridized carbons (Fsp3) is 0.231. The first-order valence-electron chi connectivity index (χ1n) is 10.7. The summed E-state index contributed by atoms with van der Waals surface area (Å²) in [6, 6.07) is 20.1. The van der Waals surface area contributed by atoms with Gasteiger partial charge in [0, 0.05) is 17.7 Å². The van der Waals surface area contributed by atoms with Crippen molar-refractivity contribution in [3.05, 3.63) is 83.4 Å². The number of rotatable bonds is 9. The molecular weight excluding hydrogens is 404 g/mol.